The summed E-state index contributed by atoms with van der Waals surface area (Å²) in [5.41, 5.74) is 2.80. The van der Waals surface area contributed by atoms with Gasteiger partial charge in [-0.2, -0.15) is 0 Å². The fourth-order valence-corrected chi connectivity index (χ4v) is 4.86. The number of anilines is 1. The Balaban J connectivity index is 1.49. The molecule has 8 heteroatoms. The van der Waals surface area contributed by atoms with Gasteiger partial charge in [-0.25, -0.2) is 14.4 Å². The van der Waals surface area contributed by atoms with E-state index in [1.165, 1.54) is 11.6 Å². The molecule has 1 aromatic heterocycles. The maximum Gasteiger partial charge on any atom is 0.231 e. The number of nitrogens with zero attached hydrogens (tertiary/aromatic N) is 4. The van der Waals surface area contributed by atoms with Crippen molar-refractivity contribution in [1.29, 1.82) is 0 Å². The number of fused-ring (bicyclic) bond motifs is 1. The van der Waals surface area contributed by atoms with E-state index in [1.54, 1.807) is 18.5 Å². The fraction of sp³-hybridized carbons (Fsp3) is 0.542. The van der Waals surface area contributed by atoms with Gasteiger partial charge >= 0.3 is 0 Å². The Hall–Kier alpha value is -2.25. The number of hydrogen-bond acceptors (Lipinski definition) is 5. The number of carbonyl (C=O) groups excluding carboxylic acids is 1. The van der Waals surface area contributed by atoms with Crippen molar-refractivity contribution in [2.75, 3.05) is 37.6 Å². The van der Waals surface area contributed by atoms with Crippen molar-refractivity contribution < 1.29 is 9.18 Å². The van der Waals surface area contributed by atoms with Crippen LogP contribution in [0.15, 0.2) is 24.5 Å². The number of nitrogens with one attached hydrogen (secondary N) is 1. The molecule has 0 bridgehead atoms. The molecule has 1 aliphatic carbocycles. The summed E-state index contributed by atoms with van der Waals surface area (Å²) in [7, 11) is 0. The standard InChI is InChI=1S/C24H31ClFN5O/c1-15(2)27-13-19(18-6-5-17(25)12-20(18)26)24(32)31-10-8-30(9-11-31)23-22-16(3)4-7-21(22)28-14-29-23/h5-6,12,14-16,19,27H,4,7-11,13H2,1-3H3/t16-,19+/m1/s1. The van der Waals surface area contributed by atoms with Crippen molar-refractivity contribution >= 4 is 23.3 Å². The summed E-state index contributed by atoms with van der Waals surface area (Å²) in [4.78, 5) is 26.6. The Morgan fingerprint density at radius 3 is 2.69 bits per heavy atom. The van der Waals surface area contributed by atoms with Gasteiger partial charge in [0.1, 0.15) is 18.0 Å². The second-order valence-electron chi connectivity index (χ2n) is 9.09. The zero-order chi connectivity index (χ0) is 22.8. The van der Waals surface area contributed by atoms with Crippen LogP contribution >= 0.6 is 11.6 Å². The Bertz CT molecular complexity index is 977. The molecule has 1 amide bonds. The molecule has 1 aliphatic heterocycles. The Labute approximate surface area is 194 Å². The highest BCUT2D eigenvalue weighted by atomic mass is 35.5. The van der Waals surface area contributed by atoms with E-state index in [0.29, 0.717) is 49.2 Å². The number of halogens is 2. The lowest BCUT2D eigenvalue weighted by Gasteiger charge is -2.38. The molecule has 0 unspecified atom stereocenters. The minimum Gasteiger partial charge on any atom is -0.353 e. The van der Waals surface area contributed by atoms with Crippen LogP contribution in [-0.4, -0.2) is 59.5 Å². The molecule has 0 spiro atoms. The van der Waals surface area contributed by atoms with Crippen LogP contribution in [0.1, 0.15) is 55.8 Å². The minimum absolute atomic E-state index is 0.0553. The largest absolute Gasteiger partial charge is 0.353 e. The molecule has 2 aromatic rings. The van der Waals surface area contributed by atoms with Gasteiger partial charge in [0.05, 0.1) is 5.92 Å². The molecule has 1 aromatic carbocycles. The molecule has 6 nitrogen and oxygen atoms in total. The second kappa shape index (κ2) is 9.71. The average Bonchev–Trinajstić information content (AvgIpc) is 3.16. The van der Waals surface area contributed by atoms with E-state index in [0.717, 1.165) is 24.4 Å². The van der Waals surface area contributed by atoms with Crippen molar-refractivity contribution in [3.63, 3.8) is 0 Å². The first-order valence-corrected chi connectivity index (χ1v) is 11.8. The quantitative estimate of drug-likeness (QED) is 0.712. The topological polar surface area (TPSA) is 61.4 Å². The molecule has 2 atom stereocenters. The van der Waals surface area contributed by atoms with E-state index < -0.39 is 11.7 Å². The zero-order valence-electron chi connectivity index (χ0n) is 18.9. The van der Waals surface area contributed by atoms with Crippen molar-refractivity contribution in [1.82, 2.24) is 20.2 Å². The highest BCUT2D eigenvalue weighted by molar-refractivity contribution is 6.30. The first-order valence-electron chi connectivity index (χ1n) is 11.4. The highest BCUT2D eigenvalue weighted by Crippen LogP contribution is 2.37. The van der Waals surface area contributed by atoms with Crippen LogP contribution in [0.5, 0.6) is 0 Å². The third-order valence-electron chi connectivity index (χ3n) is 6.51. The SMILES string of the molecule is CC(C)NC[C@H](C(=O)N1CCN(c2ncnc3c2[C@H](C)CC3)CC1)c1ccc(Cl)cc1F. The van der Waals surface area contributed by atoms with Gasteiger partial charge in [-0.3, -0.25) is 4.79 Å². The summed E-state index contributed by atoms with van der Waals surface area (Å²) in [6.45, 7) is 9.21. The van der Waals surface area contributed by atoms with Crippen LogP contribution < -0.4 is 10.2 Å². The summed E-state index contributed by atoms with van der Waals surface area (Å²) in [5.74, 6) is 0.379. The van der Waals surface area contributed by atoms with Gasteiger partial charge in [0, 0.05) is 60.6 Å². The van der Waals surface area contributed by atoms with Gasteiger partial charge in [-0.1, -0.05) is 38.4 Å². The normalized spacial score (nSPS) is 19.4. The first kappa shape index (κ1) is 22.9. The summed E-state index contributed by atoms with van der Waals surface area (Å²) >= 11 is 5.94. The number of piperazine rings is 1. The van der Waals surface area contributed by atoms with Gasteiger partial charge in [0.25, 0.3) is 0 Å². The minimum atomic E-state index is -0.593. The van der Waals surface area contributed by atoms with Crippen LogP contribution in [0, 0.1) is 5.82 Å². The fourth-order valence-electron chi connectivity index (χ4n) is 4.70. The Morgan fingerprint density at radius 1 is 1.25 bits per heavy atom. The number of amides is 1. The van der Waals surface area contributed by atoms with Gasteiger partial charge < -0.3 is 15.1 Å². The predicted octanol–water partition coefficient (Wildman–Crippen LogP) is 3.75. The number of aromatic nitrogens is 2. The molecule has 1 N–H and O–H groups in total. The number of carbonyl (C=O) groups is 1. The molecule has 2 aliphatic rings. The van der Waals surface area contributed by atoms with Gasteiger partial charge in [-0.15, -0.1) is 0 Å². The summed E-state index contributed by atoms with van der Waals surface area (Å²) < 4.78 is 14.7. The molecule has 32 heavy (non-hydrogen) atoms. The Morgan fingerprint density at radius 2 is 2.00 bits per heavy atom. The Kier molecular flexibility index (Phi) is 6.96. The maximum absolute atomic E-state index is 14.7. The lowest BCUT2D eigenvalue weighted by Crippen LogP contribution is -2.51. The van der Waals surface area contributed by atoms with Crippen LogP contribution in [0.3, 0.4) is 0 Å². The van der Waals surface area contributed by atoms with E-state index in [9.17, 15) is 9.18 Å². The van der Waals surface area contributed by atoms with Crippen molar-refractivity contribution in [2.24, 2.45) is 0 Å². The monoisotopic (exact) mass is 459 g/mol. The first-order chi connectivity index (χ1) is 15.3. The summed E-state index contributed by atoms with van der Waals surface area (Å²) in [6, 6.07) is 4.75. The molecule has 0 saturated carbocycles. The number of rotatable bonds is 6. The molecule has 1 fully saturated rings. The number of benzene rings is 1. The lowest BCUT2D eigenvalue weighted by atomic mass is 9.96. The highest BCUT2D eigenvalue weighted by Gasteiger charge is 2.33. The molecular formula is C24H31ClFN5O. The molecular weight excluding hydrogens is 429 g/mol. The predicted molar refractivity (Wildman–Crippen MR) is 125 cm³/mol. The van der Waals surface area contributed by atoms with E-state index in [1.807, 2.05) is 18.7 Å². The van der Waals surface area contributed by atoms with Crippen LogP contribution in [0.4, 0.5) is 10.2 Å². The average molecular weight is 460 g/mol. The van der Waals surface area contributed by atoms with Crippen molar-refractivity contribution in [3.8, 4) is 0 Å². The van der Waals surface area contributed by atoms with Gasteiger partial charge in [-0.05, 0) is 30.9 Å². The molecule has 4 rings (SSSR count). The molecule has 1 saturated heterocycles. The van der Waals surface area contributed by atoms with Crippen molar-refractivity contribution in [2.45, 2.75) is 51.5 Å². The number of hydrogen-bond donors (Lipinski definition) is 1. The maximum atomic E-state index is 14.7. The van der Waals surface area contributed by atoms with Gasteiger partial charge in [0.2, 0.25) is 5.91 Å². The van der Waals surface area contributed by atoms with E-state index >= 15 is 0 Å². The lowest BCUT2D eigenvalue weighted by molar-refractivity contribution is -0.133. The third-order valence-corrected chi connectivity index (χ3v) is 6.74. The van der Waals surface area contributed by atoms with Crippen LogP contribution in [0.25, 0.3) is 0 Å². The molecule has 2 heterocycles. The number of aryl methyl sites for hydroxylation is 1. The van der Waals surface area contributed by atoms with Crippen LogP contribution in [-0.2, 0) is 11.2 Å². The summed E-state index contributed by atoms with van der Waals surface area (Å²) in [6.07, 6.45) is 3.76. The van der Waals surface area contributed by atoms with Crippen molar-refractivity contribution in [3.05, 3.63) is 52.2 Å². The second-order valence-corrected chi connectivity index (χ2v) is 9.53. The van der Waals surface area contributed by atoms with E-state index in [2.05, 4.69) is 27.1 Å². The third kappa shape index (κ3) is 4.74. The van der Waals surface area contributed by atoms with E-state index in [4.69, 9.17) is 11.6 Å². The molecule has 0 radical (unpaired) electrons. The smallest absolute Gasteiger partial charge is 0.231 e. The molecule has 172 valence electrons. The van der Waals surface area contributed by atoms with Gasteiger partial charge in [0.15, 0.2) is 0 Å². The van der Waals surface area contributed by atoms with E-state index in [-0.39, 0.29) is 11.9 Å². The zero-order valence-corrected chi connectivity index (χ0v) is 19.7. The van der Waals surface area contributed by atoms with Crippen LogP contribution in [0.2, 0.25) is 5.02 Å². The summed E-state index contributed by atoms with van der Waals surface area (Å²) in [5, 5.41) is 3.63.